The second-order valence-corrected chi connectivity index (χ2v) is 5.85. The summed E-state index contributed by atoms with van der Waals surface area (Å²) < 4.78 is 0. The molecular formula is C17H28ClN3O. The first-order chi connectivity index (χ1) is 10.3. The summed E-state index contributed by atoms with van der Waals surface area (Å²) in [4.78, 5) is 14.3. The first-order valence-corrected chi connectivity index (χ1v) is 8.03. The zero-order valence-corrected chi connectivity index (χ0v) is 14.0. The van der Waals surface area contributed by atoms with Crippen LogP contribution in [0.4, 0.5) is 0 Å². The summed E-state index contributed by atoms with van der Waals surface area (Å²) in [7, 11) is 0. The smallest absolute Gasteiger partial charge is 0.234 e. The van der Waals surface area contributed by atoms with Gasteiger partial charge in [-0.05, 0) is 24.8 Å². The number of nitrogens with zero attached hydrogens (tertiary/aromatic N) is 1. The van der Waals surface area contributed by atoms with Gasteiger partial charge in [-0.2, -0.15) is 0 Å². The van der Waals surface area contributed by atoms with Crippen LogP contribution in [0.5, 0.6) is 0 Å². The van der Waals surface area contributed by atoms with Crippen LogP contribution in [0, 0.1) is 0 Å². The molecule has 3 N–H and O–H groups in total. The summed E-state index contributed by atoms with van der Waals surface area (Å²) in [6.45, 7) is 2.69. The van der Waals surface area contributed by atoms with Crippen LogP contribution in [0.25, 0.3) is 0 Å². The molecule has 124 valence electrons. The van der Waals surface area contributed by atoms with Gasteiger partial charge in [0, 0.05) is 25.7 Å². The van der Waals surface area contributed by atoms with Crippen LogP contribution >= 0.6 is 12.4 Å². The van der Waals surface area contributed by atoms with Gasteiger partial charge in [-0.25, -0.2) is 0 Å². The highest BCUT2D eigenvalue weighted by molar-refractivity contribution is 5.85. The lowest BCUT2D eigenvalue weighted by atomic mass is 10.1. The van der Waals surface area contributed by atoms with Crippen LogP contribution in [0.15, 0.2) is 30.3 Å². The van der Waals surface area contributed by atoms with E-state index in [0.717, 1.165) is 32.4 Å². The van der Waals surface area contributed by atoms with Gasteiger partial charge in [0.2, 0.25) is 5.91 Å². The Hall–Kier alpha value is -1.10. The predicted octanol–water partition coefficient (Wildman–Crippen LogP) is 1.97. The highest BCUT2D eigenvalue weighted by atomic mass is 35.5. The number of nitrogens with one attached hydrogen (secondary N) is 1. The zero-order chi connectivity index (χ0) is 14.9. The Labute approximate surface area is 139 Å². The number of nitrogens with two attached hydrogens (primary N) is 1. The fourth-order valence-electron chi connectivity index (χ4n) is 2.93. The van der Waals surface area contributed by atoms with Crippen LogP contribution in [0.1, 0.15) is 31.2 Å². The molecule has 0 atom stereocenters. The van der Waals surface area contributed by atoms with Crippen molar-refractivity contribution in [2.75, 3.05) is 26.2 Å². The summed E-state index contributed by atoms with van der Waals surface area (Å²) in [5, 5.41) is 3.14. The molecule has 0 heterocycles. The Balaban J connectivity index is 0.00000242. The van der Waals surface area contributed by atoms with Gasteiger partial charge in [-0.1, -0.05) is 43.2 Å². The van der Waals surface area contributed by atoms with Gasteiger partial charge in [0.1, 0.15) is 0 Å². The molecule has 5 heteroatoms. The van der Waals surface area contributed by atoms with Gasteiger partial charge in [-0.15, -0.1) is 12.4 Å². The van der Waals surface area contributed by atoms with E-state index in [4.69, 9.17) is 5.73 Å². The Morgan fingerprint density at radius 3 is 2.50 bits per heavy atom. The van der Waals surface area contributed by atoms with Crippen molar-refractivity contribution < 1.29 is 4.79 Å². The quantitative estimate of drug-likeness (QED) is 0.768. The molecule has 1 amide bonds. The molecular weight excluding hydrogens is 298 g/mol. The summed E-state index contributed by atoms with van der Waals surface area (Å²) >= 11 is 0. The monoisotopic (exact) mass is 325 g/mol. The molecule has 1 saturated carbocycles. The third-order valence-corrected chi connectivity index (χ3v) is 4.09. The molecule has 22 heavy (non-hydrogen) atoms. The average Bonchev–Trinajstić information content (AvgIpc) is 2.99. The van der Waals surface area contributed by atoms with E-state index in [0.29, 0.717) is 19.1 Å². The molecule has 1 fully saturated rings. The van der Waals surface area contributed by atoms with Crippen LogP contribution < -0.4 is 11.1 Å². The van der Waals surface area contributed by atoms with Gasteiger partial charge in [0.25, 0.3) is 0 Å². The first-order valence-electron chi connectivity index (χ1n) is 8.03. The second kappa shape index (κ2) is 10.6. The summed E-state index contributed by atoms with van der Waals surface area (Å²) in [6.07, 6.45) is 5.70. The van der Waals surface area contributed by atoms with Crippen molar-refractivity contribution in [3.8, 4) is 0 Å². The number of hydrogen-bond donors (Lipinski definition) is 2. The van der Waals surface area contributed by atoms with Gasteiger partial charge in [0.15, 0.2) is 0 Å². The molecule has 0 aliphatic heterocycles. The molecule has 0 bridgehead atoms. The number of benzene rings is 1. The number of amides is 1. The Morgan fingerprint density at radius 2 is 1.86 bits per heavy atom. The van der Waals surface area contributed by atoms with Crippen molar-refractivity contribution in [2.45, 2.75) is 38.1 Å². The fourth-order valence-corrected chi connectivity index (χ4v) is 2.93. The molecule has 0 spiro atoms. The molecule has 0 aromatic heterocycles. The van der Waals surface area contributed by atoms with E-state index in [2.05, 4.69) is 34.5 Å². The van der Waals surface area contributed by atoms with Gasteiger partial charge in [-0.3, -0.25) is 9.69 Å². The molecule has 2 rings (SSSR count). The Morgan fingerprint density at radius 1 is 1.18 bits per heavy atom. The lowest BCUT2D eigenvalue weighted by Crippen LogP contribution is -2.43. The molecule has 0 saturated heterocycles. The summed E-state index contributed by atoms with van der Waals surface area (Å²) in [5.41, 5.74) is 6.97. The topological polar surface area (TPSA) is 58.4 Å². The van der Waals surface area contributed by atoms with E-state index < -0.39 is 0 Å². The highest BCUT2D eigenvalue weighted by Crippen LogP contribution is 2.17. The van der Waals surface area contributed by atoms with E-state index in [1.54, 1.807) is 0 Å². The molecule has 4 nitrogen and oxygen atoms in total. The normalized spacial score (nSPS) is 14.8. The average molecular weight is 326 g/mol. The standard InChI is InChI=1S/C17H27N3O.ClH/c18-11-13-20(12-10-15-6-2-1-3-7-15)14-17(21)19-16-8-4-5-9-16;/h1-3,6-7,16H,4-5,8-14,18H2,(H,19,21);1H. The zero-order valence-electron chi connectivity index (χ0n) is 13.2. The Kier molecular flexibility index (Phi) is 9.13. The highest BCUT2D eigenvalue weighted by Gasteiger charge is 2.18. The first kappa shape index (κ1) is 18.9. The largest absolute Gasteiger partial charge is 0.352 e. The minimum Gasteiger partial charge on any atom is -0.352 e. The van der Waals surface area contributed by atoms with Crippen LogP contribution in [-0.2, 0) is 11.2 Å². The third kappa shape index (κ3) is 6.77. The lowest BCUT2D eigenvalue weighted by molar-refractivity contribution is -0.122. The number of rotatable bonds is 8. The molecule has 0 radical (unpaired) electrons. The second-order valence-electron chi connectivity index (χ2n) is 5.85. The number of carbonyl (C=O) groups is 1. The summed E-state index contributed by atoms with van der Waals surface area (Å²) in [5.74, 6) is 0.142. The Bertz CT molecular complexity index is 421. The van der Waals surface area contributed by atoms with Crippen molar-refractivity contribution in [1.29, 1.82) is 0 Å². The van der Waals surface area contributed by atoms with E-state index in [-0.39, 0.29) is 18.3 Å². The fraction of sp³-hybridized carbons (Fsp3) is 0.588. The number of carbonyl (C=O) groups excluding carboxylic acids is 1. The molecule has 1 aliphatic rings. The maximum absolute atomic E-state index is 12.1. The van der Waals surface area contributed by atoms with Gasteiger partial charge in [0.05, 0.1) is 6.54 Å². The van der Waals surface area contributed by atoms with Crippen LogP contribution in [0.3, 0.4) is 0 Å². The SMILES string of the molecule is Cl.NCCN(CCc1ccccc1)CC(=O)NC1CCCC1. The maximum Gasteiger partial charge on any atom is 0.234 e. The van der Waals surface area contributed by atoms with E-state index >= 15 is 0 Å². The number of hydrogen-bond acceptors (Lipinski definition) is 3. The minimum absolute atomic E-state index is 0. The van der Waals surface area contributed by atoms with Gasteiger partial charge < -0.3 is 11.1 Å². The molecule has 1 aromatic carbocycles. The van der Waals surface area contributed by atoms with Crippen LogP contribution in [-0.4, -0.2) is 43.0 Å². The molecule has 1 aliphatic carbocycles. The van der Waals surface area contributed by atoms with E-state index in [1.807, 2.05) is 6.07 Å². The predicted molar refractivity (Wildman–Crippen MR) is 93.3 cm³/mol. The lowest BCUT2D eigenvalue weighted by Gasteiger charge is -2.22. The minimum atomic E-state index is 0. The van der Waals surface area contributed by atoms with Gasteiger partial charge >= 0.3 is 0 Å². The van der Waals surface area contributed by atoms with Crippen molar-refractivity contribution in [3.63, 3.8) is 0 Å². The van der Waals surface area contributed by atoms with Crippen molar-refractivity contribution in [2.24, 2.45) is 5.73 Å². The van der Waals surface area contributed by atoms with Crippen molar-refractivity contribution in [3.05, 3.63) is 35.9 Å². The third-order valence-electron chi connectivity index (χ3n) is 4.09. The van der Waals surface area contributed by atoms with Crippen LogP contribution in [0.2, 0.25) is 0 Å². The molecule has 0 unspecified atom stereocenters. The summed E-state index contributed by atoms with van der Waals surface area (Å²) in [6, 6.07) is 10.8. The van der Waals surface area contributed by atoms with E-state index in [1.165, 1.54) is 18.4 Å². The van der Waals surface area contributed by atoms with Crippen molar-refractivity contribution >= 4 is 18.3 Å². The maximum atomic E-state index is 12.1. The number of halogens is 1. The molecule has 1 aromatic rings. The van der Waals surface area contributed by atoms with E-state index in [9.17, 15) is 4.79 Å². The van der Waals surface area contributed by atoms with Crippen molar-refractivity contribution in [1.82, 2.24) is 10.2 Å².